The van der Waals surface area contributed by atoms with E-state index in [1.165, 1.54) is 11.3 Å². The Balaban J connectivity index is 2.02. The van der Waals surface area contributed by atoms with E-state index >= 15 is 0 Å². The molecule has 0 aliphatic heterocycles. The molecule has 0 saturated carbocycles. The van der Waals surface area contributed by atoms with Gasteiger partial charge in [0.1, 0.15) is 5.75 Å². The lowest BCUT2D eigenvalue weighted by molar-refractivity contribution is 0.0925. The van der Waals surface area contributed by atoms with Gasteiger partial charge in [-0.2, -0.15) is 0 Å². The van der Waals surface area contributed by atoms with Gasteiger partial charge in [0, 0.05) is 8.95 Å². The van der Waals surface area contributed by atoms with Crippen molar-refractivity contribution in [2.24, 2.45) is 0 Å². The summed E-state index contributed by atoms with van der Waals surface area (Å²) in [5.41, 5.74) is 1.08. The summed E-state index contributed by atoms with van der Waals surface area (Å²) in [5.74, 6) is 0.689. The molecule has 0 atom stereocenters. The van der Waals surface area contributed by atoms with Gasteiger partial charge in [-0.25, -0.2) is 0 Å². The minimum atomic E-state index is -0.0163. The number of ether oxygens (including phenoxy) is 1. The Kier molecular flexibility index (Phi) is 4.59. The van der Waals surface area contributed by atoms with E-state index in [-0.39, 0.29) is 12.4 Å². The molecule has 18 heavy (non-hydrogen) atoms. The summed E-state index contributed by atoms with van der Waals surface area (Å²) >= 11 is 8.18. The molecule has 2 nitrogen and oxygen atoms in total. The number of aryl methyl sites for hydroxylation is 1. The van der Waals surface area contributed by atoms with Crippen molar-refractivity contribution >= 4 is 49.0 Å². The molecule has 2 aromatic rings. The summed E-state index contributed by atoms with van der Waals surface area (Å²) in [6.07, 6.45) is 0. The Morgan fingerprint density at radius 2 is 2.06 bits per heavy atom. The fourth-order valence-electron chi connectivity index (χ4n) is 1.41. The second-order valence-corrected chi connectivity index (χ2v) is 6.35. The van der Waals surface area contributed by atoms with Crippen LogP contribution in [0.3, 0.4) is 0 Å². The van der Waals surface area contributed by atoms with Crippen molar-refractivity contribution in [2.45, 2.75) is 6.92 Å². The predicted molar refractivity (Wildman–Crippen MR) is 80.7 cm³/mol. The van der Waals surface area contributed by atoms with E-state index in [1.54, 1.807) is 0 Å². The number of carbonyl (C=O) groups excluding carboxylic acids is 1. The smallest absolute Gasteiger partial charge is 0.211 e. The molecule has 1 heterocycles. The highest BCUT2D eigenvalue weighted by atomic mass is 79.9. The Morgan fingerprint density at radius 3 is 2.67 bits per heavy atom. The molecule has 0 radical (unpaired) electrons. The van der Waals surface area contributed by atoms with Crippen LogP contribution in [0.1, 0.15) is 15.2 Å². The maximum atomic E-state index is 11.9. The molecule has 0 saturated heterocycles. The van der Waals surface area contributed by atoms with Gasteiger partial charge in [0.05, 0.1) is 4.88 Å². The van der Waals surface area contributed by atoms with Crippen LogP contribution in [0.15, 0.2) is 38.6 Å². The zero-order chi connectivity index (χ0) is 13.1. The van der Waals surface area contributed by atoms with Crippen molar-refractivity contribution in [3.8, 4) is 5.75 Å². The fraction of sp³-hybridized carbons (Fsp3) is 0.154. The van der Waals surface area contributed by atoms with Gasteiger partial charge in [-0.1, -0.05) is 15.9 Å². The Bertz CT molecular complexity index is 578. The largest absolute Gasteiger partial charge is 0.485 e. The van der Waals surface area contributed by atoms with Gasteiger partial charge in [-0.15, -0.1) is 11.3 Å². The summed E-state index contributed by atoms with van der Waals surface area (Å²) in [5, 5.41) is 1.88. The van der Waals surface area contributed by atoms with Crippen molar-refractivity contribution < 1.29 is 9.53 Å². The van der Waals surface area contributed by atoms with Crippen molar-refractivity contribution in [3.05, 3.63) is 49.0 Å². The number of halogens is 2. The molecule has 0 N–H and O–H groups in total. The third-order valence-electron chi connectivity index (χ3n) is 2.37. The molecule has 2 rings (SSSR count). The normalized spacial score (nSPS) is 10.4. The zero-order valence-corrected chi connectivity index (χ0v) is 13.6. The van der Waals surface area contributed by atoms with E-state index in [1.807, 2.05) is 36.6 Å². The molecule has 0 unspecified atom stereocenters. The second kappa shape index (κ2) is 5.99. The summed E-state index contributed by atoms with van der Waals surface area (Å²) in [4.78, 5) is 12.6. The monoisotopic (exact) mass is 388 g/mol. The summed E-state index contributed by atoms with van der Waals surface area (Å²) in [6.45, 7) is 2.04. The van der Waals surface area contributed by atoms with Crippen LogP contribution in [0.2, 0.25) is 0 Å². The van der Waals surface area contributed by atoms with Gasteiger partial charge in [0.2, 0.25) is 5.78 Å². The maximum absolute atomic E-state index is 11.9. The van der Waals surface area contributed by atoms with Gasteiger partial charge in [0.25, 0.3) is 0 Å². The molecular formula is C13H10Br2O2S. The van der Waals surface area contributed by atoms with Crippen molar-refractivity contribution in [2.75, 3.05) is 6.61 Å². The number of hydrogen-bond donors (Lipinski definition) is 0. The summed E-state index contributed by atoms with van der Waals surface area (Å²) < 4.78 is 7.35. The van der Waals surface area contributed by atoms with Gasteiger partial charge in [-0.3, -0.25) is 4.79 Å². The van der Waals surface area contributed by atoms with Crippen LogP contribution < -0.4 is 4.74 Å². The molecule has 0 amide bonds. The van der Waals surface area contributed by atoms with Crippen LogP contribution in [-0.4, -0.2) is 12.4 Å². The van der Waals surface area contributed by atoms with Crippen LogP contribution in [-0.2, 0) is 0 Å². The van der Waals surface area contributed by atoms with Gasteiger partial charge in [0.15, 0.2) is 6.61 Å². The quantitative estimate of drug-likeness (QED) is 0.699. The van der Waals surface area contributed by atoms with E-state index in [2.05, 4.69) is 31.9 Å². The fourth-order valence-corrected chi connectivity index (χ4v) is 3.18. The Labute approximate surface area is 126 Å². The summed E-state index contributed by atoms with van der Waals surface area (Å²) in [6, 6.07) is 7.52. The number of benzene rings is 1. The first-order chi connectivity index (χ1) is 8.58. The number of hydrogen-bond acceptors (Lipinski definition) is 3. The first kappa shape index (κ1) is 13.8. The van der Waals surface area contributed by atoms with E-state index in [9.17, 15) is 4.79 Å². The maximum Gasteiger partial charge on any atom is 0.211 e. The molecule has 0 fully saturated rings. The average Bonchev–Trinajstić information content (AvgIpc) is 2.77. The molecule has 94 valence electrons. The topological polar surface area (TPSA) is 26.3 Å². The Morgan fingerprint density at radius 1 is 1.28 bits per heavy atom. The van der Waals surface area contributed by atoms with Crippen LogP contribution >= 0.6 is 43.2 Å². The minimum Gasteiger partial charge on any atom is -0.485 e. The van der Waals surface area contributed by atoms with Crippen molar-refractivity contribution in [3.63, 3.8) is 0 Å². The molecule has 1 aromatic heterocycles. The van der Waals surface area contributed by atoms with E-state index in [4.69, 9.17) is 4.74 Å². The number of thiophene rings is 1. The highest BCUT2D eigenvalue weighted by Crippen LogP contribution is 2.24. The third kappa shape index (κ3) is 3.22. The minimum absolute atomic E-state index is 0.0163. The SMILES string of the molecule is Cc1cc(OCC(=O)c2sccc2Br)ccc1Br. The Hall–Kier alpha value is -0.650. The molecule has 5 heteroatoms. The highest BCUT2D eigenvalue weighted by molar-refractivity contribution is 9.10. The van der Waals surface area contributed by atoms with Gasteiger partial charge >= 0.3 is 0 Å². The van der Waals surface area contributed by atoms with Gasteiger partial charge < -0.3 is 4.74 Å². The van der Waals surface area contributed by atoms with Crippen LogP contribution in [0.5, 0.6) is 5.75 Å². The first-order valence-corrected chi connectivity index (χ1v) is 7.69. The molecule has 0 spiro atoms. The molecule has 0 aliphatic carbocycles. The predicted octanol–water partition coefficient (Wildman–Crippen LogP) is 4.84. The first-order valence-electron chi connectivity index (χ1n) is 5.23. The van der Waals surface area contributed by atoms with E-state index in [0.717, 1.165) is 14.5 Å². The summed E-state index contributed by atoms with van der Waals surface area (Å²) in [7, 11) is 0. The average molecular weight is 390 g/mol. The van der Waals surface area contributed by atoms with Crippen molar-refractivity contribution in [1.82, 2.24) is 0 Å². The molecule has 1 aromatic carbocycles. The lowest BCUT2D eigenvalue weighted by atomic mass is 10.2. The number of ketones is 1. The lowest BCUT2D eigenvalue weighted by Crippen LogP contribution is -2.10. The molecular weight excluding hydrogens is 380 g/mol. The number of rotatable bonds is 4. The van der Waals surface area contributed by atoms with E-state index in [0.29, 0.717) is 10.6 Å². The number of Topliss-reactive ketones (excluding diaryl/α,β-unsaturated/α-hetero) is 1. The molecule has 0 aliphatic rings. The van der Waals surface area contributed by atoms with Crippen molar-refractivity contribution in [1.29, 1.82) is 0 Å². The standard InChI is InChI=1S/C13H10Br2O2S/c1-8-6-9(2-3-10(8)14)17-7-12(16)13-11(15)4-5-18-13/h2-6H,7H2,1H3. The lowest BCUT2D eigenvalue weighted by Gasteiger charge is -2.06. The van der Waals surface area contributed by atoms with Crippen LogP contribution in [0.4, 0.5) is 0 Å². The number of carbonyl (C=O) groups is 1. The highest BCUT2D eigenvalue weighted by Gasteiger charge is 2.12. The third-order valence-corrected chi connectivity index (χ3v) is 5.14. The second-order valence-electron chi connectivity index (χ2n) is 3.72. The van der Waals surface area contributed by atoms with Crippen LogP contribution in [0.25, 0.3) is 0 Å². The van der Waals surface area contributed by atoms with Crippen LogP contribution in [0, 0.1) is 6.92 Å². The molecule has 0 bridgehead atoms. The zero-order valence-electron chi connectivity index (χ0n) is 9.57. The van der Waals surface area contributed by atoms with Gasteiger partial charge in [-0.05, 0) is 58.1 Å². The van der Waals surface area contributed by atoms with E-state index < -0.39 is 0 Å².